The fourth-order valence-electron chi connectivity index (χ4n) is 3.50. The molecule has 1 aliphatic rings. The van der Waals surface area contributed by atoms with E-state index in [1.807, 2.05) is 35.8 Å². The van der Waals surface area contributed by atoms with Crippen LogP contribution in [0.3, 0.4) is 0 Å². The molecule has 7 nitrogen and oxygen atoms in total. The molecule has 3 rings (SSSR count). The standard InChI is InChI=1S/C19H31N7/c1-14(2)25-12-15(3)16(13-25)22-19(20-4)21-10-7-9-18-24-23-17-8-5-6-11-26(17)18/h5-6,8,11,14-16H,7,9-10,12-13H2,1-4H3,(H2,20,21,22). The number of aryl methyl sites for hydroxylation is 1. The molecule has 0 spiro atoms. The number of guanidine groups is 1. The Morgan fingerprint density at radius 2 is 2.15 bits per heavy atom. The van der Waals surface area contributed by atoms with Gasteiger partial charge < -0.3 is 10.6 Å². The summed E-state index contributed by atoms with van der Waals surface area (Å²) in [6.07, 6.45) is 3.88. The predicted octanol–water partition coefficient (Wildman–Crippen LogP) is 1.56. The van der Waals surface area contributed by atoms with Crippen molar-refractivity contribution in [1.82, 2.24) is 30.1 Å². The maximum absolute atomic E-state index is 4.38. The second-order valence-corrected chi connectivity index (χ2v) is 7.42. The molecule has 0 bridgehead atoms. The van der Waals surface area contributed by atoms with E-state index in [-0.39, 0.29) is 0 Å². The molecule has 2 atom stereocenters. The van der Waals surface area contributed by atoms with Crippen molar-refractivity contribution in [2.45, 2.75) is 45.7 Å². The number of rotatable bonds is 6. The van der Waals surface area contributed by atoms with Crippen molar-refractivity contribution in [1.29, 1.82) is 0 Å². The summed E-state index contributed by atoms with van der Waals surface area (Å²) in [6, 6.07) is 7.01. The van der Waals surface area contributed by atoms with Crippen molar-refractivity contribution in [3.63, 3.8) is 0 Å². The predicted molar refractivity (Wildman–Crippen MR) is 105 cm³/mol. The summed E-state index contributed by atoms with van der Waals surface area (Å²) in [5.74, 6) is 2.51. The van der Waals surface area contributed by atoms with Gasteiger partial charge in [0.25, 0.3) is 0 Å². The molecule has 1 saturated heterocycles. The first kappa shape index (κ1) is 18.6. The number of nitrogens with zero attached hydrogens (tertiary/aromatic N) is 5. The molecule has 142 valence electrons. The Kier molecular flexibility index (Phi) is 6.08. The van der Waals surface area contributed by atoms with E-state index in [0.29, 0.717) is 18.0 Å². The molecule has 2 aromatic rings. The molecule has 2 unspecified atom stereocenters. The van der Waals surface area contributed by atoms with Crippen LogP contribution in [0.4, 0.5) is 0 Å². The molecule has 1 fully saturated rings. The largest absolute Gasteiger partial charge is 0.356 e. The Labute approximate surface area is 155 Å². The summed E-state index contributed by atoms with van der Waals surface area (Å²) < 4.78 is 2.05. The first-order chi connectivity index (χ1) is 12.6. The maximum Gasteiger partial charge on any atom is 0.191 e. The van der Waals surface area contributed by atoms with Gasteiger partial charge in [-0.2, -0.15) is 0 Å². The van der Waals surface area contributed by atoms with Gasteiger partial charge in [-0.05, 0) is 38.3 Å². The van der Waals surface area contributed by atoms with Gasteiger partial charge in [0.1, 0.15) is 5.82 Å². The third kappa shape index (κ3) is 4.33. The number of hydrogen-bond donors (Lipinski definition) is 2. The lowest BCUT2D eigenvalue weighted by atomic mass is 10.1. The van der Waals surface area contributed by atoms with Crippen LogP contribution in [0.2, 0.25) is 0 Å². The Bertz CT molecular complexity index is 736. The first-order valence-electron chi connectivity index (χ1n) is 9.58. The highest BCUT2D eigenvalue weighted by Crippen LogP contribution is 2.18. The topological polar surface area (TPSA) is 69.8 Å². The number of likely N-dealkylation sites (tertiary alicyclic amines) is 1. The number of aliphatic imine (C=N–C) groups is 1. The van der Waals surface area contributed by atoms with Crippen molar-refractivity contribution >= 4 is 11.6 Å². The zero-order valence-corrected chi connectivity index (χ0v) is 16.3. The van der Waals surface area contributed by atoms with Gasteiger partial charge >= 0.3 is 0 Å². The first-order valence-corrected chi connectivity index (χ1v) is 9.58. The van der Waals surface area contributed by atoms with Crippen molar-refractivity contribution < 1.29 is 0 Å². The van der Waals surface area contributed by atoms with Gasteiger partial charge in [0, 0.05) is 51.4 Å². The van der Waals surface area contributed by atoms with Gasteiger partial charge in [-0.25, -0.2) is 0 Å². The van der Waals surface area contributed by atoms with Gasteiger partial charge in [0.15, 0.2) is 11.6 Å². The van der Waals surface area contributed by atoms with Crippen LogP contribution in [-0.4, -0.2) is 64.2 Å². The Hall–Kier alpha value is -2.15. The number of aromatic nitrogens is 3. The number of hydrogen-bond acceptors (Lipinski definition) is 4. The normalized spacial score (nSPS) is 21.7. The van der Waals surface area contributed by atoms with E-state index in [1.54, 1.807) is 0 Å². The van der Waals surface area contributed by atoms with Crippen molar-refractivity contribution in [2.24, 2.45) is 10.9 Å². The molecule has 2 aromatic heterocycles. The summed E-state index contributed by atoms with van der Waals surface area (Å²) in [7, 11) is 1.83. The second kappa shape index (κ2) is 8.49. The van der Waals surface area contributed by atoms with Gasteiger partial charge in [0.05, 0.1) is 0 Å². The SMILES string of the molecule is CN=C(NCCCc1nnc2ccccn12)NC1CN(C(C)C)CC1C. The van der Waals surface area contributed by atoms with Crippen LogP contribution in [-0.2, 0) is 6.42 Å². The fourth-order valence-corrected chi connectivity index (χ4v) is 3.50. The van der Waals surface area contributed by atoms with E-state index in [0.717, 1.165) is 49.9 Å². The minimum Gasteiger partial charge on any atom is -0.356 e. The lowest BCUT2D eigenvalue weighted by Crippen LogP contribution is -2.47. The summed E-state index contributed by atoms with van der Waals surface area (Å²) in [5, 5.41) is 15.5. The van der Waals surface area contributed by atoms with Crippen LogP contribution in [0.25, 0.3) is 5.65 Å². The average Bonchev–Trinajstić information content (AvgIpc) is 3.21. The smallest absolute Gasteiger partial charge is 0.191 e. The summed E-state index contributed by atoms with van der Waals surface area (Å²) in [4.78, 5) is 6.90. The van der Waals surface area contributed by atoms with E-state index in [1.165, 1.54) is 0 Å². The number of pyridine rings is 1. The highest BCUT2D eigenvalue weighted by molar-refractivity contribution is 5.80. The molecule has 0 saturated carbocycles. The van der Waals surface area contributed by atoms with Gasteiger partial charge in [0.2, 0.25) is 0 Å². The molecule has 0 aliphatic carbocycles. The third-order valence-electron chi connectivity index (χ3n) is 5.17. The van der Waals surface area contributed by atoms with Crippen molar-refractivity contribution in [3.8, 4) is 0 Å². The zero-order chi connectivity index (χ0) is 18.5. The Morgan fingerprint density at radius 1 is 1.31 bits per heavy atom. The molecule has 0 radical (unpaired) electrons. The second-order valence-electron chi connectivity index (χ2n) is 7.42. The van der Waals surface area contributed by atoms with Crippen LogP contribution in [0.15, 0.2) is 29.4 Å². The van der Waals surface area contributed by atoms with Crippen LogP contribution in [0.5, 0.6) is 0 Å². The average molecular weight is 358 g/mol. The van der Waals surface area contributed by atoms with Gasteiger partial charge in [-0.1, -0.05) is 13.0 Å². The Balaban J connectivity index is 1.45. The third-order valence-corrected chi connectivity index (χ3v) is 5.17. The highest BCUT2D eigenvalue weighted by Gasteiger charge is 2.31. The molecule has 0 aromatic carbocycles. The van der Waals surface area contributed by atoms with E-state index in [9.17, 15) is 0 Å². The van der Waals surface area contributed by atoms with E-state index >= 15 is 0 Å². The summed E-state index contributed by atoms with van der Waals surface area (Å²) in [6.45, 7) is 9.91. The highest BCUT2D eigenvalue weighted by atomic mass is 15.3. The van der Waals surface area contributed by atoms with Crippen LogP contribution in [0.1, 0.15) is 33.0 Å². The summed E-state index contributed by atoms with van der Waals surface area (Å²) >= 11 is 0. The van der Waals surface area contributed by atoms with Crippen molar-refractivity contribution in [3.05, 3.63) is 30.2 Å². The minimum absolute atomic E-state index is 0.448. The fraction of sp³-hybridized carbons (Fsp3) is 0.632. The minimum atomic E-state index is 0.448. The van der Waals surface area contributed by atoms with Crippen LogP contribution < -0.4 is 10.6 Å². The Morgan fingerprint density at radius 3 is 2.88 bits per heavy atom. The van der Waals surface area contributed by atoms with E-state index in [4.69, 9.17) is 0 Å². The summed E-state index contributed by atoms with van der Waals surface area (Å²) in [5.41, 5.74) is 0.901. The molecule has 2 N–H and O–H groups in total. The van der Waals surface area contributed by atoms with Crippen LogP contribution >= 0.6 is 0 Å². The van der Waals surface area contributed by atoms with E-state index < -0.39 is 0 Å². The monoisotopic (exact) mass is 357 g/mol. The van der Waals surface area contributed by atoms with Gasteiger partial charge in [-0.15, -0.1) is 10.2 Å². The molecule has 26 heavy (non-hydrogen) atoms. The number of fused-ring (bicyclic) bond motifs is 1. The zero-order valence-electron chi connectivity index (χ0n) is 16.3. The molecule has 3 heterocycles. The lowest BCUT2D eigenvalue weighted by Gasteiger charge is -2.21. The quantitative estimate of drug-likeness (QED) is 0.466. The molecule has 0 amide bonds. The molecular formula is C19H31N7. The van der Waals surface area contributed by atoms with E-state index in [2.05, 4.69) is 51.5 Å². The number of nitrogens with one attached hydrogen (secondary N) is 2. The molecule has 1 aliphatic heterocycles. The molecule has 7 heteroatoms. The van der Waals surface area contributed by atoms with Crippen LogP contribution in [0, 0.1) is 5.92 Å². The maximum atomic E-state index is 4.38. The van der Waals surface area contributed by atoms with Gasteiger partial charge in [-0.3, -0.25) is 14.3 Å². The molecular weight excluding hydrogens is 326 g/mol. The van der Waals surface area contributed by atoms with Crippen molar-refractivity contribution in [2.75, 3.05) is 26.7 Å². The lowest BCUT2D eigenvalue weighted by molar-refractivity contribution is 0.265.